The van der Waals surface area contributed by atoms with Crippen molar-refractivity contribution in [2.24, 2.45) is 17.8 Å². The zero-order valence-corrected chi connectivity index (χ0v) is 8.21. The van der Waals surface area contributed by atoms with Gasteiger partial charge >= 0.3 is 0 Å². The van der Waals surface area contributed by atoms with Crippen molar-refractivity contribution in [2.75, 3.05) is 0 Å². The highest BCUT2D eigenvalue weighted by atomic mass is 14.4. The van der Waals surface area contributed by atoms with Crippen molar-refractivity contribution >= 4 is 0 Å². The Kier molecular flexibility index (Phi) is 1.81. The van der Waals surface area contributed by atoms with Crippen molar-refractivity contribution in [1.82, 2.24) is 0 Å². The van der Waals surface area contributed by atoms with Gasteiger partial charge in [-0.2, -0.15) is 0 Å². The van der Waals surface area contributed by atoms with Crippen molar-refractivity contribution in [3.63, 3.8) is 0 Å². The molecule has 0 radical (unpaired) electrons. The third-order valence-corrected chi connectivity index (χ3v) is 3.95. The van der Waals surface area contributed by atoms with E-state index < -0.39 is 0 Å². The molecule has 0 aliphatic heterocycles. The molecule has 0 spiro atoms. The Hall–Kier alpha value is -0.520. The molecule has 0 aromatic heterocycles. The van der Waals surface area contributed by atoms with E-state index >= 15 is 0 Å². The van der Waals surface area contributed by atoms with E-state index in [2.05, 4.69) is 18.2 Å². The summed E-state index contributed by atoms with van der Waals surface area (Å²) in [7, 11) is 0. The minimum absolute atomic E-state index is 0.935. The van der Waals surface area contributed by atoms with Gasteiger partial charge in [-0.3, -0.25) is 0 Å². The summed E-state index contributed by atoms with van der Waals surface area (Å²) in [5, 5.41) is 0. The molecule has 0 heteroatoms. The van der Waals surface area contributed by atoms with Gasteiger partial charge in [0.2, 0.25) is 0 Å². The normalized spacial score (nSPS) is 38.3. The number of hydrogen-bond donors (Lipinski definition) is 0. The molecule has 0 bridgehead atoms. The number of hydrogen-bond acceptors (Lipinski definition) is 0. The van der Waals surface area contributed by atoms with E-state index in [0.717, 1.165) is 17.8 Å². The van der Waals surface area contributed by atoms with E-state index in [9.17, 15) is 0 Å². The van der Waals surface area contributed by atoms with Crippen molar-refractivity contribution in [1.29, 1.82) is 0 Å². The molecular weight excluding hydrogens is 156 g/mol. The van der Waals surface area contributed by atoms with Crippen LogP contribution < -0.4 is 0 Å². The van der Waals surface area contributed by atoms with Crippen LogP contribution in [-0.2, 0) is 0 Å². The van der Waals surface area contributed by atoms with E-state index in [1.54, 1.807) is 5.57 Å². The van der Waals surface area contributed by atoms with Crippen LogP contribution >= 0.6 is 0 Å². The minimum Gasteiger partial charge on any atom is -0.0877 e. The predicted molar refractivity (Wildman–Crippen MR) is 55.4 cm³/mol. The van der Waals surface area contributed by atoms with Crippen molar-refractivity contribution in [3.8, 4) is 0 Å². The van der Waals surface area contributed by atoms with Crippen LogP contribution in [0.3, 0.4) is 0 Å². The summed E-state index contributed by atoms with van der Waals surface area (Å²) < 4.78 is 0. The van der Waals surface area contributed by atoms with E-state index in [1.165, 1.54) is 38.5 Å². The smallest absolute Gasteiger partial charge is 0.0163 e. The van der Waals surface area contributed by atoms with Crippen molar-refractivity contribution < 1.29 is 0 Å². The van der Waals surface area contributed by atoms with Crippen LogP contribution in [0, 0.1) is 17.8 Å². The molecule has 3 aliphatic carbocycles. The third kappa shape index (κ3) is 1.47. The standard InChI is InChI=1S/C13H18/c1-3-10(4-1)12-5-2-6-13(9-12)11-7-8-11/h2-3,6,11-13H,1,4-5,7-9H2. The molecule has 0 nitrogen and oxygen atoms in total. The van der Waals surface area contributed by atoms with Gasteiger partial charge in [0.15, 0.2) is 0 Å². The molecule has 1 fully saturated rings. The fourth-order valence-corrected chi connectivity index (χ4v) is 2.78. The molecule has 3 rings (SSSR count). The van der Waals surface area contributed by atoms with Crippen LogP contribution in [0.25, 0.3) is 0 Å². The molecule has 0 saturated heterocycles. The summed E-state index contributed by atoms with van der Waals surface area (Å²) in [6, 6.07) is 0. The zero-order chi connectivity index (χ0) is 8.67. The first-order valence-corrected chi connectivity index (χ1v) is 5.79. The highest BCUT2D eigenvalue weighted by molar-refractivity contribution is 5.19. The fraction of sp³-hybridized carbons (Fsp3) is 0.692. The van der Waals surface area contributed by atoms with Gasteiger partial charge in [0.1, 0.15) is 0 Å². The maximum atomic E-state index is 2.49. The second-order valence-corrected chi connectivity index (χ2v) is 4.92. The van der Waals surface area contributed by atoms with Crippen molar-refractivity contribution in [2.45, 2.75) is 38.5 Å². The molecule has 13 heavy (non-hydrogen) atoms. The molecule has 3 aliphatic rings. The first-order valence-electron chi connectivity index (χ1n) is 5.79. The number of allylic oxidation sites excluding steroid dienone is 4. The summed E-state index contributed by atoms with van der Waals surface area (Å²) in [4.78, 5) is 0. The van der Waals surface area contributed by atoms with E-state index in [1.807, 2.05) is 0 Å². The summed E-state index contributed by atoms with van der Waals surface area (Å²) in [6.07, 6.45) is 15.9. The predicted octanol–water partition coefficient (Wildman–Crippen LogP) is 3.70. The molecular formula is C13H18. The molecule has 2 atom stereocenters. The molecule has 70 valence electrons. The highest BCUT2D eigenvalue weighted by Crippen LogP contribution is 2.45. The topological polar surface area (TPSA) is 0 Å². The quantitative estimate of drug-likeness (QED) is 0.560. The summed E-state index contributed by atoms with van der Waals surface area (Å²) >= 11 is 0. The minimum atomic E-state index is 0.935. The van der Waals surface area contributed by atoms with Crippen LogP contribution in [0.4, 0.5) is 0 Å². The second kappa shape index (κ2) is 3.01. The molecule has 0 heterocycles. The molecule has 2 unspecified atom stereocenters. The van der Waals surface area contributed by atoms with Gasteiger partial charge in [-0.25, -0.2) is 0 Å². The lowest BCUT2D eigenvalue weighted by Gasteiger charge is -2.30. The average Bonchev–Trinajstić information content (AvgIpc) is 2.83. The highest BCUT2D eigenvalue weighted by Gasteiger charge is 2.33. The average molecular weight is 174 g/mol. The Morgan fingerprint density at radius 1 is 1.23 bits per heavy atom. The monoisotopic (exact) mass is 174 g/mol. The van der Waals surface area contributed by atoms with Gasteiger partial charge in [0.25, 0.3) is 0 Å². The molecule has 1 saturated carbocycles. The summed E-state index contributed by atoms with van der Waals surface area (Å²) in [5.74, 6) is 2.95. The Labute approximate surface area is 80.7 Å². The van der Waals surface area contributed by atoms with Crippen LogP contribution in [0.1, 0.15) is 38.5 Å². The van der Waals surface area contributed by atoms with Gasteiger partial charge in [-0.15, -0.1) is 0 Å². The first-order chi connectivity index (χ1) is 6.43. The maximum absolute atomic E-state index is 2.49. The Bertz CT molecular complexity index is 255. The van der Waals surface area contributed by atoms with Gasteiger partial charge < -0.3 is 0 Å². The van der Waals surface area contributed by atoms with Gasteiger partial charge in [0, 0.05) is 0 Å². The fourth-order valence-electron chi connectivity index (χ4n) is 2.78. The lowest BCUT2D eigenvalue weighted by atomic mass is 9.75. The van der Waals surface area contributed by atoms with Crippen LogP contribution in [0.2, 0.25) is 0 Å². The molecule has 0 aromatic carbocycles. The molecule has 0 N–H and O–H groups in total. The van der Waals surface area contributed by atoms with Gasteiger partial charge in [-0.1, -0.05) is 23.8 Å². The van der Waals surface area contributed by atoms with E-state index in [-0.39, 0.29) is 0 Å². The summed E-state index contributed by atoms with van der Waals surface area (Å²) in [6.45, 7) is 0. The third-order valence-electron chi connectivity index (χ3n) is 3.95. The first kappa shape index (κ1) is 7.84. The summed E-state index contributed by atoms with van der Waals surface area (Å²) in [5.41, 5.74) is 1.77. The molecule has 0 amide bonds. The van der Waals surface area contributed by atoms with Crippen LogP contribution in [-0.4, -0.2) is 0 Å². The molecule has 0 aromatic rings. The van der Waals surface area contributed by atoms with Crippen LogP contribution in [0.5, 0.6) is 0 Å². The maximum Gasteiger partial charge on any atom is -0.0163 e. The van der Waals surface area contributed by atoms with Crippen molar-refractivity contribution in [3.05, 3.63) is 23.8 Å². The largest absolute Gasteiger partial charge is 0.0877 e. The Morgan fingerprint density at radius 2 is 2.08 bits per heavy atom. The zero-order valence-electron chi connectivity index (χ0n) is 8.21. The Morgan fingerprint density at radius 3 is 2.69 bits per heavy atom. The second-order valence-electron chi connectivity index (χ2n) is 4.92. The SMILES string of the molecule is C1=CC(C2CC2)CC(C2=CCC2)C1. The lowest BCUT2D eigenvalue weighted by Crippen LogP contribution is -2.17. The van der Waals surface area contributed by atoms with Crippen LogP contribution in [0.15, 0.2) is 23.8 Å². The van der Waals surface area contributed by atoms with Gasteiger partial charge in [-0.05, 0) is 56.3 Å². The van der Waals surface area contributed by atoms with E-state index in [4.69, 9.17) is 0 Å². The Balaban J connectivity index is 1.68. The van der Waals surface area contributed by atoms with E-state index in [0.29, 0.717) is 0 Å². The van der Waals surface area contributed by atoms with Gasteiger partial charge in [0.05, 0.1) is 0 Å². The lowest BCUT2D eigenvalue weighted by molar-refractivity contribution is 0.395. The number of rotatable bonds is 2.